The molecule has 1 N–H and O–H groups in total. The van der Waals surface area contributed by atoms with Gasteiger partial charge in [-0.05, 0) is 18.9 Å². The van der Waals surface area contributed by atoms with Crippen molar-refractivity contribution in [2.45, 2.75) is 25.4 Å². The summed E-state index contributed by atoms with van der Waals surface area (Å²) >= 11 is 0. The number of nitrogens with one attached hydrogen (secondary N) is 1. The fourth-order valence-corrected chi connectivity index (χ4v) is 2.56. The van der Waals surface area contributed by atoms with Gasteiger partial charge in [0, 0.05) is 30.6 Å². The Labute approximate surface area is 107 Å². The minimum absolute atomic E-state index is 0.0156. The highest BCUT2D eigenvalue weighted by Gasteiger charge is 2.27. The summed E-state index contributed by atoms with van der Waals surface area (Å²) in [5.74, 6) is -0.0156. The largest absolute Gasteiger partial charge is 0.322 e. The zero-order valence-corrected chi connectivity index (χ0v) is 10.3. The van der Waals surface area contributed by atoms with E-state index in [1.807, 2.05) is 30.5 Å². The molecular formula is C14H17N3O. The summed E-state index contributed by atoms with van der Waals surface area (Å²) in [4.78, 5) is 18.8. The summed E-state index contributed by atoms with van der Waals surface area (Å²) < 4.78 is 0. The Morgan fingerprint density at radius 1 is 1.17 bits per heavy atom. The average Bonchev–Trinajstić information content (AvgIpc) is 2.58. The molecule has 0 bridgehead atoms. The van der Waals surface area contributed by atoms with Gasteiger partial charge in [0.15, 0.2) is 6.17 Å². The second kappa shape index (κ2) is 4.90. The molecule has 1 amide bonds. The van der Waals surface area contributed by atoms with Crippen LogP contribution in [0.5, 0.6) is 0 Å². The highest BCUT2D eigenvalue weighted by molar-refractivity contribution is 6.03. The predicted octanol–water partition coefficient (Wildman–Crippen LogP) is 1.87. The predicted molar refractivity (Wildman–Crippen MR) is 71.9 cm³/mol. The van der Waals surface area contributed by atoms with Crippen LogP contribution in [0.4, 0.5) is 5.69 Å². The van der Waals surface area contributed by atoms with Crippen LogP contribution < -0.4 is 5.32 Å². The number of amides is 1. The molecule has 2 heterocycles. The molecule has 0 spiro atoms. The van der Waals surface area contributed by atoms with Crippen molar-refractivity contribution in [1.82, 2.24) is 4.90 Å². The number of benzodiazepines with no additional fused rings is 1. The number of benzene rings is 1. The smallest absolute Gasteiger partial charge is 0.264 e. The average molecular weight is 243 g/mol. The SMILES string of the molecule is O=C1Nc2ccccc2C=NC1N1CCCCC1. The van der Waals surface area contributed by atoms with E-state index in [1.54, 1.807) is 0 Å². The summed E-state index contributed by atoms with van der Waals surface area (Å²) in [6.45, 7) is 1.93. The van der Waals surface area contributed by atoms with Gasteiger partial charge in [-0.2, -0.15) is 0 Å². The van der Waals surface area contributed by atoms with Gasteiger partial charge in [0.25, 0.3) is 5.91 Å². The van der Waals surface area contributed by atoms with Crippen LogP contribution in [-0.4, -0.2) is 36.3 Å². The molecule has 2 aliphatic rings. The van der Waals surface area contributed by atoms with Crippen LogP contribution in [-0.2, 0) is 4.79 Å². The van der Waals surface area contributed by atoms with Crippen molar-refractivity contribution >= 4 is 17.8 Å². The first-order valence-electron chi connectivity index (χ1n) is 6.52. The first-order valence-corrected chi connectivity index (χ1v) is 6.52. The van der Waals surface area contributed by atoms with Gasteiger partial charge < -0.3 is 5.32 Å². The van der Waals surface area contributed by atoms with Crippen molar-refractivity contribution in [3.8, 4) is 0 Å². The molecule has 1 atom stereocenters. The molecule has 4 heteroatoms. The molecule has 2 aliphatic heterocycles. The lowest BCUT2D eigenvalue weighted by Gasteiger charge is -2.30. The van der Waals surface area contributed by atoms with Crippen LogP contribution in [0.15, 0.2) is 29.3 Å². The molecule has 0 radical (unpaired) electrons. The Morgan fingerprint density at radius 3 is 2.78 bits per heavy atom. The number of hydrogen-bond donors (Lipinski definition) is 1. The molecule has 1 fully saturated rings. The molecule has 0 aliphatic carbocycles. The monoisotopic (exact) mass is 243 g/mol. The van der Waals surface area contributed by atoms with Gasteiger partial charge >= 0.3 is 0 Å². The van der Waals surface area contributed by atoms with Gasteiger partial charge in [-0.3, -0.25) is 14.7 Å². The number of carbonyl (C=O) groups is 1. The zero-order chi connectivity index (χ0) is 12.4. The number of piperidine rings is 1. The van der Waals surface area contributed by atoms with Crippen LogP contribution in [0.25, 0.3) is 0 Å². The summed E-state index contributed by atoms with van der Waals surface area (Å²) in [5.41, 5.74) is 1.83. The van der Waals surface area contributed by atoms with Crippen LogP contribution in [0.2, 0.25) is 0 Å². The lowest BCUT2D eigenvalue weighted by molar-refractivity contribution is -0.121. The molecule has 1 aromatic rings. The summed E-state index contributed by atoms with van der Waals surface area (Å²) in [6.07, 6.45) is 5.03. The van der Waals surface area contributed by atoms with Crippen LogP contribution in [0.3, 0.4) is 0 Å². The lowest BCUT2D eigenvalue weighted by atomic mass is 10.1. The topological polar surface area (TPSA) is 44.7 Å². The lowest BCUT2D eigenvalue weighted by Crippen LogP contribution is -2.45. The maximum atomic E-state index is 12.2. The normalized spacial score (nSPS) is 24.2. The molecule has 0 aromatic heterocycles. The number of hydrogen-bond acceptors (Lipinski definition) is 3. The highest BCUT2D eigenvalue weighted by Crippen LogP contribution is 2.20. The number of likely N-dealkylation sites (tertiary alicyclic amines) is 1. The van der Waals surface area contributed by atoms with E-state index >= 15 is 0 Å². The quantitative estimate of drug-likeness (QED) is 0.818. The Kier molecular flexibility index (Phi) is 3.11. The second-order valence-corrected chi connectivity index (χ2v) is 4.82. The van der Waals surface area contributed by atoms with Crippen molar-refractivity contribution in [3.63, 3.8) is 0 Å². The second-order valence-electron chi connectivity index (χ2n) is 4.82. The molecule has 3 rings (SSSR count). The molecule has 94 valence electrons. The maximum Gasteiger partial charge on any atom is 0.264 e. The minimum Gasteiger partial charge on any atom is -0.322 e. The van der Waals surface area contributed by atoms with E-state index in [2.05, 4.69) is 15.2 Å². The van der Waals surface area contributed by atoms with E-state index in [-0.39, 0.29) is 12.1 Å². The van der Waals surface area contributed by atoms with Gasteiger partial charge in [0.1, 0.15) is 0 Å². The Hall–Kier alpha value is -1.68. The van der Waals surface area contributed by atoms with Crippen molar-refractivity contribution in [1.29, 1.82) is 0 Å². The number of carbonyl (C=O) groups excluding carboxylic acids is 1. The summed E-state index contributed by atoms with van der Waals surface area (Å²) in [6, 6.07) is 7.77. The fraction of sp³-hybridized carbons (Fsp3) is 0.429. The first-order chi connectivity index (χ1) is 8.84. The van der Waals surface area contributed by atoms with E-state index in [9.17, 15) is 4.79 Å². The number of nitrogens with zero attached hydrogens (tertiary/aromatic N) is 2. The Morgan fingerprint density at radius 2 is 1.94 bits per heavy atom. The maximum absolute atomic E-state index is 12.2. The third kappa shape index (κ3) is 2.16. The van der Waals surface area contributed by atoms with E-state index < -0.39 is 0 Å². The van der Waals surface area contributed by atoms with Crippen molar-refractivity contribution in [2.24, 2.45) is 4.99 Å². The van der Waals surface area contributed by atoms with E-state index in [0.29, 0.717) is 0 Å². The Bertz CT molecular complexity index is 478. The number of para-hydroxylation sites is 1. The molecule has 18 heavy (non-hydrogen) atoms. The minimum atomic E-state index is -0.363. The van der Waals surface area contributed by atoms with Gasteiger partial charge in [0.05, 0.1) is 0 Å². The van der Waals surface area contributed by atoms with E-state index in [4.69, 9.17) is 0 Å². The van der Waals surface area contributed by atoms with Crippen LogP contribution in [0.1, 0.15) is 24.8 Å². The summed E-state index contributed by atoms with van der Waals surface area (Å²) in [5, 5.41) is 2.96. The van der Waals surface area contributed by atoms with E-state index in [0.717, 1.165) is 37.2 Å². The third-order valence-corrected chi connectivity index (χ3v) is 3.54. The number of fused-ring (bicyclic) bond motifs is 1. The molecule has 0 saturated carbocycles. The van der Waals surface area contributed by atoms with Gasteiger partial charge in [-0.15, -0.1) is 0 Å². The van der Waals surface area contributed by atoms with Crippen LogP contribution >= 0.6 is 0 Å². The molecule has 4 nitrogen and oxygen atoms in total. The van der Waals surface area contributed by atoms with Crippen molar-refractivity contribution in [3.05, 3.63) is 29.8 Å². The van der Waals surface area contributed by atoms with Gasteiger partial charge in [-0.25, -0.2) is 0 Å². The molecule has 1 saturated heterocycles. The zero-order valence-electron chi connectivity index (χ0n) is 10.3. The standard InChI is InChI=1S/C14H17N3O/c18-14-13(17-8-4-1-5-9-17)15-10-11-6-2-3-7-12(11)16-14/h2-3,6-7,10,13H,1,4-5,8-9H2,(H,16,18). The summed E-state index contributed by atoms with van der Waals surface area (Å²) in [7, 11) is 0. The van der Waals surface area contributed by atoms with Gasteiger partial charge in [-0.1, -0.05) is 24.6 Å². The van der Waals surface area contributed by atoms with Crippen molar-refractivity contribution < 1.29 is 4.79 Å². The van der Waals surface area contributed by atoms with Crippen molar-refractivity contribution in [2.75, 3.05) is 18.4 Å². The van der Waals surface area contributed by atoms with E-state index in [1.165, 1.54) is 6.42 Å². The Balaban J connectivity index is 1.85. The first kappa shape index (κ1) is 11.4. The van der Waals surface area contributed by atoms with Gasteiger partial charge in [0.2, 0.25) is 0 Å². The fourth-order valence-electron chi connectivity index (χ4n) is 2.56. The van der Waals surface area contributed by atoms with Crippen LogP contribution in [0, 0.1) is 0 Å². The molecule has 1 unspecified atom stereocenters. The molecular weight excluding hydrogens is 226 g/mol. The third-order valence-electron chi connectivity index (χ3n) is 3.54. The molecule has 1 aromatic carbocycles. The highest BCUT2D eigenvalue weighted by atomic mass is 16.2. The number of aliphatic imine (C=N–C) groups is 1. The number of anilines is 1. The number of rotatable bonds is 1.